The molecule has 1 heterocycles. The summed E-state index contributed by atoms with van der Waals surface area (Å²) in [6.07, 6.45) is 0. The van der Waals surface area contributed by atoms with E-state index in [-0.39, 0.29) is 6.03 Å². The standard InChI is InChI=1S/C11H15N3O2/c12-5-8-16-10-3-1-9(2-4-10)14-7-6-13-11(14)15/h1-4H,5-8,12H2,(H,13,15). The Hall–Kier alpha value is -1.75. The maximum Gasteiger partial charge on any atom is 0.321 e. The zero-order valence-corrected chi connectivity index (χ0v) is 8.98. The number of nitrogens with one attached hydrogen (secondary N) is 1. The zero-order chi connectivity index (χ0) is 11.4. The molecule has 3 N–H and O–H groups in total. The third-order valence-corrected chi connectivity index (χ3v) is 2.39. The molecular formula is C11H15N3O2. The molecule has 0 spiro atoms. The zero-order valence-electron chi connectivity index (χ0n) is 8.98. The average Bonchev–Trinajstić information content (AvgIpc) is 2.74. The minimum Gasteiger partial charge on any atom is -0.492 e. The van der Waals surface area contributed by atoms with Crippen LogP contribution in [0.1, 0.15) is 0 Å². The van der Waals surface area contributed by atoms with Crippen molar-refractivity contribution in [2.24, 2.45) is 5.73 Å². The molecule has 1 saturated heterocycles. The third-order valence-electron chi connectivity index (χ3n) is 2.39. The largest absolute Gasteiger partial charge is 0.492 e. The molecule has 0 unspecified atom stereocenters. The molecule has 0 aliphatic carbocycles. The second kappa shape index (κ2) is 4.85. The van der Waals surface area contributed by atoms with Gasteiger partial charge in [-0.15, -0.1) is 0 Å². The van der Waals surface area contributed by atoms with E-state index in [1.807, 2.05) is 24.3 Å². The van der Waals surface area contributed by atoms with Gasteiger partial charge in [-0.25, -0.2) is 4.79 Å². The Kier molecular flexibility index (Phi) is 3.26. The highest BCUT2D eigenvalue weighted by molar-refractivity contribution is 5.94. The van der Waals surface area contributed by atoms with Gasteiger partial charge in [-0.05, 0) is 24.3 Å². The van der Waals surface area contributed by atoms with Crippen molar-refractivity contribution >= 4 is 11.7 Å². The van der Waals surface area contributed by atoms with Crippen LogP contribution >= 0.6 is 0 Å². The first kappa shape index (κ1) is 10.8. The molecule has 2 amide bonds. The van der Waals surface area contributed by atoms with E-state index >= 15 is 0 Å². The Balaban J connectivity index is 2.04. The summed E-state index contributed by atoms with van der Waals surface area (Å²) in [4.78, 5) is 13.1. The minimum absolute atomic E-state index is 0.0457. The van der Waals surface area contributed by atoms with Crippen LogP contribution in [0.15, 0.2) is 24.3 Å². The number of nitrogens with two attached hydrogens (primary N) is 1. The first-order valence-corrected chi connectivity index (χ1v) is 5.29. The van der Waals surface area contributed by atoms with E-state index < -0.39 is 0 Å². The summed E-state index contributed by atoms with van der Waals surface area (Å²) in [6.45, 7) is 2.41. The van der Waals surface area contributed by atoms with Crippen molar-refractivity contribution in [2.75, 3.05) is 31.1 Å². The van der Waals surface area contributed by atoms with E-state index in [2.05, 4.69) is 5.32 Å². The van der Waals surface area contributed by atoms with E-state index in [1.54, 1.807) is 4.90 Å². The number of nitrogens with zero attached hydrogens (tertiary/aromatic N) is 1. The van der Waals surface area contributed by atoms with Gasteiger partial charge in [0, 0.05) is 25.3 Å². The van der Waals surface area contributed by atoms with Crippen molar-refractivity contribution in [1.82, 2.24) is 5.32 Å². The van der Waals surface area contributed by atoms with E-state index in [9.17, 15) is 4.79 Å². The maximum absolute atomic E-state index is 11.4. The second-order valence-electron chi connectivity index (χ2n) is 3.51. The summed E-state index contributed by atoms with van der Waals surface area (Å²) in [6, 6.07) is 7.39. The van der Waals surface area contributed by atoms with Gasteiger partial charge in [0.2, 0.25) is 0 Å². The quantitative estimate of drug-likeness (QED) is 0.780. The number of hydrogen-bond donors (Lipinski definition) is 2. The fourth-order valence-electron chi connectivity index (χ4n) is 1.62. The van der Waals surface area contributed by atoms with E-state index in [0.29, 0.717) is 26.2 Å². The van der Waals surface area contributed by atoms with Crippen molar-refractivity contribution < 1.29 is 9.53 Å². The summed E-state index contributed by atoms with van der Waals surface area (Å²) in [5.74, 6) is 0.772. The van der Waals surface area contributed by atoms with Gasteiger partial charge in [0.1, 0.15) is 12.4 Å². The van der Waals surface area contributed by atoms with Crippen LogP contribution in [0.5, 0.6) is 5.75 Å². The Morgan fingerprint density at radius 1 is 1.38 bits per heavy atom. The van der Waals surface area contributed by atoms with Crippen LogP contribution in [0, 0.1) is 0 Å². The molecule has 5 heteroatoms. The van der Waals surface area contributed by atoms with Gasteiger partial charge in [-0.2, -0.15) is 0 Å². The van der Waals surface area contributed by atoms with E-state index in [0.717, 1.165) is 11.4 Å². The fourth-order valence-corrected chi connectivity index (χ4v) is 1.62. The number of benzene rings is 1. The molecule has 0 saturated carbocycles. The van der Waals surface area contributed by atoms with Crippen LogP contribution in [0.3, 0.4) is 0 Å². The highest BCUT2D eigenvalue weighted by Crippen LogP contribution is 2.20. The molecule has 1 fully saturated rings. The van der Waals surface area contributed by atoms with Gasteiger partial charge in [-0.3, -0.25) is 4.90 Å². The highest BCUT2D eigenvalue weighted by Gasteiger charge is 2.20. The van der Waals surface area contributed by atoms with Crippen molar-refractivity contribution in [1.29, 1.82) is 0 Å². The number of anilines is 1. The molecule has 0 atom stereocenters. The Morgan fingerprint density at radius 2 is 2.12 bits per heavy atom. The van der Waals surface area contributed by atoms with Crippen LogP contribution in [0.2, 0.25) is 0 Å². The first-order valence-electron chi connectivity index (χ1n) is 5.29. The summed E-state index contributed by atoms with van der Waals surface area (Å²) in [5, 5.41) is 2.76. The summed E-state index contributed by atoms with van der Waals surface area (Å²) in [5.41, 5.74) is 6.22. The molecule has 0 aromatic heterocycles. The average molecular weight is 221 g/mol. The second-order valence-corrected chi connectivity index (χ2v) is 3.51. The summed E-state index contributed by atoms with van der Waals surface area (Å²) < 4.78 is 5.36. The van der Waals surface area contributed by atoms with Crippen molar-refractivity contribution in [3.63, 3.8) is 0 Å². The third kappa shape index (κ3) is 2.25. The van der Waals surface area contributed by atoms with Crippen LogP contribution in [0.25, 0.3) is 0 Å². The number of ether oxygens (including phenoxy) is 1. The van der Waals surface area contributed by atoms with Crippen molar-refractivity contribution in [2.45, 2.75) is 0 Å². The van der Waals surface area contributed by atoms with Crippen LogP contribution in [0.4, 0.5) is 10.5 Å². The lowest BCUT2D eigenvalue weighted by atomic mass is 10.3. The topological polar surface area (TPSA) is 67.6 Å². The number of carbonyl (C=O) groups is 1. The Bertz CT molecular complexity index is 364. The fraction of sp³-hybridized carbons (Fsp3) is 0.364. The molecule has 1 aromatic carbocycles. The SMILES string of the molecule is NCCOc1ccc(N2CCNC2=O)cc1. The van der Waals surface area contributed by atoms with Crippen LogP contribution < -0.4 is 20.7 Å². The van der Waals surface area contributed by atoms with Crippen LogP contribution in [-0.4, -0.2) is 32.3 Å². The molecule has 5 nitrogen and oxygen atoms in total. The normalized spacial score (nSPS) is 15.1. The predicted octanol–water partition coefficient (Wildman–Crippen LogP) is 0.554. The van der Waals surface area contributed by atoms with Gasteiger partial charge in [0.05, 0.1) is 0 Å². The molecule has 2 rings (SSSR count). The predicted molar refractivity (Wildman–Crippen MR) is 61.7 cm³/mol. The minimum atomic E-state index is -0.0457. The van der Waals surface area contributed by atoms with Crippen molar-refractivity contribution in [3.05, 3.63) is 24.3 Å². The Labute approximate surface area is 94.2 Å². The summed E-state index contributed by atoms with van der Waals surface area (Å²) in [7, 11) is 0. The summed E-state index contributed by atoms with van der Waals surface area (Å²) >= 11 is 0. The van der Waals surface area contributed by atoms with Gasteiger partial charge in [-0.1, -0.05) is 0 Å². The van der Waals surface area contributed by atoms with Gasteiger partial charge in [0.25, 0.3) is 0 Å². The van der Waals surface area contributed by atoms with Gasteiger partial charge < -0.3 is 15.8 Å². The molecule has 86 valence electrons. The molecule has 16 heavy (non-hydrogen) atoms. The molecule has 1 aliphatic rings. The molecule has 0 radical (unpaired) electrons. The molecule has 1 aromatic rings. The molecule has 0 bridgehead atoms. The number of hydrogen-bond acceptors (Lipinski definition) is 3. The number of urea groups is 1. The monoisotopic (exact) mass is 221 g/mol. The van der Waals surface area contributed by atoms with Crippen LogP contribution in [-0.2, 0) is 0 Å². The van der Waals surface area contributed by atoms with Crippen molar-refractivity contribution in [3.8, 4) is 5.75 Å². The van der Waals surface area contributed by atoms with E-state index in [1.165, 1.54) is 0 Å². The lowest BCUT2D eigenvalue weighted by molar-refractivity contribution is 0.252. The highest BCUT2D eigenvalue weighted by atomic mass is 16.5. The first-order chi connectivity index (χ1) is 7.81. The number of rotatable bonds is 4. The molecule has 1 aliphatic heterocycles. The van der Waals surface area contributed by atoms with Gasteiger partial charge in [0.15, 0.2) is 0 Å². The maximum atomic E-state index is 11.4. The van der Waals surface area contributed by atoms with Gasteiger partial charge >= 0.3 is 6.03 Å². The number of carbonyl (C=O) groups excluding carboxylic acids is 1. The number of amides is 2. The molecular weight excluding hydrogens is 206 g/mol. The smallest absolute Gasteiger partial charge is 0.321 e. The van der Waals surface area contributed by atoms with E-state index in [4.69, 9.17) is 10.5 Å². The lowest BCUT2D eigenvalue weighted by Gasteiger charge is -2.14. The Morgan fingerprint density at radius 3 is 2.69 bits per heavy atom. The lowest BCUT2D eigenvalue weighted by Crippen LogP contribution is -2.27.